The molecule has 0 saturated heterocycles. The summed E-state index contributed by atoms with van der Waals surface area (Å²) in [5.41, 5.74) is 12.4. The highest BCUT2D eigenvalue weighted by Gasteiger charge is 2.29. The topological polar surface area (TPSA) is 161 Å². The van der Waals surface area contributed by atoms with Crippen LogP contribution < -0.4 is 11.5 Å². The quantitative estimate of drug-likeness (QED) is 0.499. The summed E-state index contributed by atoms with van der Waals surface area (Å²) in [4.78, 5) is 0. The first-order valence-electron chi connectivity index (χ1n) is 4.80. The molecule has 0 aliphatic heterocycles. The number of hydrogen-bond donors (Lipinski definition) is 4. The van der Waals surface area contributed by atoms with E-state index in [9.17, 15) is 16.8 Å². The van der Waals surface area contributed by atoms with Gasteiger partial charge in [0.2, 0.25) is 4.58 Å². The molecule has 0 heterocycles. The van der Waals surface area contributed by atoms with E-state index < -0.39 is 24.8 Å². The highest BCUT2D eigenvalue weighted by atomic mass is 32.3. The summed E-state index contributed by atoms with van der Waals surface area (Å²) in [5, 5.41) is 0. The van der Waals surface area contributed by atoms with Gasteiger partial charge >= 0.3 is 0 Å². The average Bonchev–Trinajstić information content (AvgIpc) is 2.20. The zero-order chi connectivity index (χ0) is 14.6. The first kappa shape index (κ1) is 16.9. The second kappa shape index (κ2) is 6.18. The van der Waals surface area contributed by atoms with Crippen LogP contribution in [-0.4, -0.2) is 30.5 Å². The largest absolute Gasteiger partial charge is 0.397 e. The van der Waals surface area contributed by atoms with Crippen molar-refractivity contribution < 1.29 is 25.9 Å². The molecule has 0 amide bonds. The van der Waals surface area contributed by atoms with Crippen LogP contribution >= 0.6 is 0 Å². The van der Waals surface area contributed by atoms with Crippen molar-refractivity contribution in [3.05, 3.63) is 23.5 Å². The van der Waals surface area contributed by atoms with Crippen LogP contribution in [0.3, 0.4) is 0 Å². The third-order valence-electron chi connectivity index (χ3n) is 2.07. The lowest BCUT2D eigenvalue weighted by Gasteiger charge is -2.05. The van der Waals surface area contributed by atoms with Gasteiger partial charge in [-0.3, -0.25) is 9.11 Å². The van der Waals surface area contributed by atoms with Crippen LogP contribution in [-0.2, 0) is 20.2 Å². The Morgan fingerprint density at radius 3 is 1.39 bits per heavy atom. The Morgan fingerprint density at radius 2 is 1.28 bits per heavy atom. The van der Waals surface area contributed by atoms with E-state index in [-0.39, 0.29) is 0 Å². The van der Waals surface area contributed by atoms with Crippen LogP contribution in [0.2, 0.25) is 0 Å². The predicted octanol–water partition coefficient (Wildman–Crippen LogP) is -0.427. The monoisotopic (exact) mass is 300 g/mol. The first-order valence-corrected chi connectivity index (χ1v) is 7.81. The molecule has 10 heteroatoms. The lowest BCUT2D eigenvalue weighted by molar-refractivity contribution is 0.458. The number of rotatable bonds is 2. The molecule has 0 spiro atoms. The third kappa shape index (κ3) is 6.00. The molecule has 0 atom stereocenters. The normalized spacial score (nSPS) is 16.4. The second-order valence-electron chi connectivity index (χ2n) is 3.49. The molecule has 0 aromatic heterocycles. The van der Waals surface area contributed by atoms with E-state index in [0.717, 1.165) is 24.2 Å². The zero-order valence-corrected chi connectivity index (χ0v) is 11.3. The Labute approximate surface area is 106 Å². The molecule has 1 aliphatic rings. The minimum absolute atomic E-state index is 0.657. The summed E-state index contributed by atoms with van der Waals surface area (Å²) in [5.74, 6) is 0. The summed E-state index contributed by atoms with van der Waals surface area (Å²) < 4.78 is 53.9. The van der Waals surface area contributed by atoms with Gasteiger partial charge in [0.1, 0.15) is 0 Å². The summed E-state index contributed by atoms with van der Waals surface area (Å²) in [6.45, 7) is 0.657. The van der Waals surface area contributed by atoms with Gasteiger partial charge in [-0.25, -0.2) is 0 Å². The van der Waals surface area contributed by atoms with E-state index in [1.54, 1.807) is 0 Å². The van der Waals surface area contributed by atoms with Crippen LogP contribution in [0, 0.1) is 0 Å². The van der Waals surface area contributed by atoms with Crippen molar-refractivity contribution in [3.63, 3.8) is 0 Å². The molecule has 6 N–H and O–H groups in total. The average molecular weight is 300 g/mol. The molecule has 0 saturated carbocycles. The van der Waals surface area contributed by atoms with Gasteiger partial charge in [0.05, 0.1) is 11.4 Å². The van der Waals surface area contributed by atoms with Gasteiger partial charge in [-0.15, -0.1) is 0 Å². The second-order valence-corrected chi connectivity index (χ2v) is 7.27. The molecule has 106 valence electrons. The highest BCUT2D eigenvalue weighted by Crippen LogP contribution is 2.08. The molecule has 18 heavy (non-hydrogen) atoms. The summed E-state index contributed by atoms with van der Waals surface area (Å²) in [6, 6.07) is 0. The van der Waals surface area contributed by atoms with Crippen molar-refractivity contribution >= 4 is 20.2 Å². The van der Waals surface area contributed by atoms with E-state index in [4.69, 9.17) is 20.6 Å². The Bertz CT molecular complexity index is 496. The van der Waals surface area contributed by atoms with Crippen molar-refractivity contribution in [2.75, 3.05) is 0 Å². The van der Waals surface area contributed by atoms with Crippen LogP contribution in [0.25, 0.3) is 0 Å². The fourth-order valence-electron chi connectivity index (χ4n) is 0.867. The molecule has 1 aliphatic carbocycles. The molecular formula is C8H16N2O6S2. The summed E-state index contributed by atoms with van der Waals surface area (Å²) >= 11 is 0. The van der Waals surface area contributed by atoms with Gasteiger partial charge in [-0.05, 0) is 19.8 Å². The molecule has 0 bridgehead atoms. The van der Waals surface area contributed by atoms with Crippen LogP contribution in [0.5, 0.6) is 0 Å². The summed E-state index contributed by atoms with van der Waals surface area (Å²) in [6.07, 6.45) is 5.98. The van der Waals surface area contributed by atoms with Gasteiger partial charge in [0.15, 0.2) is 0 Å². The lowest BCUT2D eigenvalue weighted by Crippen LogP contribution is -2.25. The Hall–Kier alpha value is -1.10. The van der Waals surface area contributed by atoms with E-state index in [2.05, 4.69) is 0 Å². The molecule has 0 unspecified atom stereocenters. The highest BCUT2D eigenvalue weighted by molar-refractivity contribution is 8.03. The van der Waals surface area contributed by atoms with Crippen molar-refractivity contribution in [1.82, 2.24) is 0 Å². The fourth-order valence-corrected chi connectivity index (χ4v) is 2.10. The zero-order valence-electron chi connectivity index (χ0n) is 9.64. The fraction of sp³-hybridized carbons (Fsp3) is 0.500. The first-order chi connectivity index (χ1) is 7.96. The number of hydrogen-bond acceptors (Lipinski definition) is 6. The SMILES string of the molecule is CC(S(=O)(=O)O)S(=O)(=O)O.NC1=CCCC=C1N. The minimum Gasteiger partial charge on any atom is -0.397 e. The Morgan fingerprint density at radius 1 is 1.00 bits per heavy atom. The predicted molar refractivity (Wildman–Crippen MR) is 66.3 cm³/mol. The molecule has 0 aromatic rings. The van der Waals surface area contributed by atoms with Crippen molar-refractivity contribution in [1.29, 1.82) is 0 Å². The number of nitrogens with two attached hydrogens (primary N) is 2. The van der Waals surface area contributed by atoms with Crippen molar-refractivity contribution in [2.24, 2.45) is 11.5 Å². The molecule has 1 rings (SSSR count). The van der Waals surface area contributed by atoms with E-state index in [0.29, 0.717) is 6.92 Å². The molecule has 0 aromatic carbocycles. The van der Waals surface area contributed by atoms with Crippen LogP contribution in [0.15, 0.2) is 23.5 Å². The molecule has 8 nitrogen and oxygen atoms in total. The Kier molecular flexibility index (Phi) is 5.80. The van der Waals surface area contributed by atoms with Gasteiger partial charge in [0, 0.05) is 0 Å². The van der Waals surface area contributed by atoms with Gasteiger partial charge < -0.3 is 11.5 Å². The van der Waals surface area contributed by atoms with Crippen molar-refractivity contribution in [3.8, 4) is 0 Å². The third-order valence-corrected chi connectivity index (χ3v) is 5.20. The van der Waals surface area contributed by atoms with Gasteiger partial charge in [-0.2, -0.15) is 16.8 Å². The van der Waals surface area contributed by atoms with Crippen molar-refractivity contribution in [2.45, 2.75) is 24.3 Å². The van der Waals surface area contributed by atoms with Crippen LogP contribution in [0.4, 0.5) is 0 Å². The van der Waals surface area contributed by atoms with E-state index in [1.165, 1.54) is 0 Å². The van der Waals surface area contributed by atoms with E-state index >= 15 is 0 Å². The van der Waals surface area contributed by atoms with Gasteiger partial charge in [-0.1, -0.05) is 12.2 Å². The minimum atomic E-state index is -4.70. The molecule has 0 fully saturated rings. The Balaban J connectivity index is 0.000000327. The smallest absolute Gasteiger partial charge is 0.284 e. The van der Waals surface area contributed by atoms with E-state index in [1.807, 2.05) is 12.2 Å². The number of allylic oxidation sites excluding steroid dienone is 2. The standard InChI is InChI=1S/C6H10N2.C2H6O6S2/c7-5-3-1-2-4-6(5)8;1-2(9(3,4)5)10(6,7)8/h3-4H,1-2,7-8H2;2H,1H3,(H,3,4,5)(H,6,7,8). The van der Waals surface area contributed by atoms with Gasteiger partial charge in [0.25, 0.3) is 20.2 Å². The maximum Gasteiger partial charge on any atom is 0.284 e. The van der Waals surface area contributed by atoms with Crippen LogP contribution in [0.1, 0.15) is 19.8 Å². The maximum absolute atomic E-state index is 9.99. The lowest BCUT2D eigenvalue weighted by atomic mass is 10.1. The maximum atomic E-state index is 9.99. The molecule has 0 radical (unpaired) electrons. The molecular weight excluding hydrogens is 284 g/mol. The summed E-state index contributed by atoms with van der Waals surface area (Å²) in [7, 11) is -9.40.